The van der Waals surface area contributed by atoms with E-state index < -0.39 is 8.07 Å². The Labute approximate surface area is 158 Å². The molecule has 0 heterocycles. The van der Waals surface area contributed by atoms with Crippen LogP contribution in [0.25, 0.3) is 6.08 Å². The fourth-order valence-electron chi connectivity index (χ4n) is 1.91. The molecule has 26 heavy (non-hydrogen) atoms. The lowest BCUT2D eigenvalue weighted by Gasteiger charge is -2.01. The molecule has 0 aliphatic carbocycles. The van der Waals surface area contributed by atoms with Crippen LogP contribution in [-0.2, 0) is 0 Å². The molecule has 2 aromatic carbocycles. The smallest absolute Gasteiger partial charge is 0.118 e. The molecule has 0 aromatic heterocycles. The first-order chi connectivity index (χ1) is 12.5. The SMILES string of the molecule is C[Si](C)(C)C#CC#C/C=C\c1ccccc1C#CC#Cc1ccccc1. The van der Waals surface area contributed by atoms with Gasteiger partial charge in [0.15, 0.2) is 0 Å². The van der Waals surface area contributed by atoms with Crippen molar-refractivity contribution in [3.8, 4) is 47.0 Å². The van der Waals surface area contributed by atoms with E-state index >= 15 is 0 Å². The Morgan fingerprint density at radius 1 is 0.731 bits per heavy atom. The molecular weight excluding hydrogens is 328 g/mol. The van der Waals surface area contributed by atoms with Gasteiger partial charge in [0, 0.05) is 11.1 Å². The predicted molar refractivity (Wildman–Crippen MR) is 115 cm³/mol. The van der Waals surface area contributed by atoms with E-state index in [1.165, 1.54) is 0 Å². The average Bonchev–Trinajstić information content (AvgIpc) is 2.62. The second-order valence-electron chi connectivity index (χ2n) is 6.56. The first-order valence-electron chi connectivity index (χ1n) is 8.40. The molecule has 0 fully saturated rings. The molecule has 0 nitrogen and oxygen atoms in total. The first-order valence-corrected chi connectivity index (χ1v) is 11.9. The molecule has 0 atom stereocenters. The molecule has 0 saturated heterocycles. The molecule has 2 aromatic rings. The van der Waals surface area contributed by atoms with E-state index in [1.54, 1.807) is 0 Å². The monoisotopic (exact) mass is 348 g/mol. The third-order valence-corrected chi connectivity index (χ3v) is 3.99. The second-order valence-corrected chi connectivity index (χ2v) is 11.3. The molecule has 0 N–H and O–H groups in total. The van der Waals surface area contributed by atoms with Crippen molar-refractivity contribution in [1.82, 2.24) is 0 Å². The minimum Gasteiger partial charge on any atom is -0.118 e. The zero-order valence-corrected chi connectivity index (χ0v) is 16.4. The molecule has 0 spiro atoms. The third-order valence-electron chi connectivity index (χ3n) is 3.12. The summed E-state index contributed by atoms with van der Waals surface area (Å²) in [6.45, 7) is 6.60. The summed E-state index contributed by atoms with van der Waals surface area (Å²) in [5.74, 6) is 20.7. The summed E-state index contributed by atoms with van der Waals surface area (Å²) in [7, 11) is -1.35. The Morgan fingerprint density at radius 2 is 1.42 bits per heavy atom. The predicted octanol–water partition coefficient (Wildman–Crippen LogP) is 4.99. The Kier molecular flexibility index (Phi) is 7.16. The van der Waals surface area contributed by atoms with Gasteiger partial charge in [-0.1, -0.05) is 73.8 Å². The van der Waals surface area contributed by atoms with Crippen LogP contribution in [0.2, 0.25) is 19.6 Å². The van der Waals surface area contributed by atoms with Crippen LogP contribution in [0.15, 0.2) is 60.7 Å². The highest BCUT2D eigenvalue weighted by Gasteiger charge is 2.06. The molecule has 124 valence electrons. The Balaban J connectivity index is 2.10. The lowest BCUT2D eigenvalue weighted by Crippen LogP contribution is -2.16. The topological polar surface area (TPSA) is 0 Å². The van der Waals surface area contributed by atoms with Crippen LogP contribution in [0.3, 0.4) is 0 Å². The van der Waals surface area contributed by atoms with Gasteiger partial charge in [-0.15, -0.1) is 5.54 Å². The molecule has 0 radical (unpaired) electrons. The van der Waals surface area contributed by atoms with Crippen LogP contribution < -0.4 is 0 Å². The van der Waals surface area contributed by atoms with Crippen molar-refractivity contribution >= 4 is 14.1 Å². The number of hydrogen-bond acceptors (Lipinski definition) is 0. The molecule has 0 aliphatic rings. The summed E-state index contributed by atoms with van der Waals surface area (Å²) in [6, 6.07) is 17.8. The van der Waals surface area contributed by atoms with Gasteiger partial charge in [0.05, 0.1) is 0 Å². The van der Waals surface area contributed by atoms with E-state index in [0.29, 0.717) is 0 Å². The van der Waals surface area contributed by atoms with Crippen LogP contribution in [-0.4, -0.2) is 8.07 Å². The minimum absolute atomic E-state index is 0.932. The van der Waals surface area contributed by atoms with Crippen LogP contribution in [0.5, 0.6) is 0 Å². The van der Waals surface area contributed by atoms with Crippen LogP contribution in [0.1, 0.15) is 16.7 Å². The van der Waals surface area contributed by atoms with E-state index in [2.05, 4.69) is 66.6 Å². The summed E-state index contributed by atoms with van der Waals surface area (Å²) in [5, 5.41) is 0. The molecule has 0 saturated carbocycles. The number of allylic oxidation sites excluding steroid dienone is 1. The summed E-state index contributed by atoms with van der Waals surface area (Å²) in [5.41, 5.74) is 6.14. The molecular formula is C25H20Si. The van der Waals surface area contributed by atoms with Gasteiger partial charge in [-0.3, -0.25) is 0 Å². The molecule has 0 unspecified atom stereocenters. The van der Waals surface area contributed by atoms with E-state index in [0.717, 1.165) is 16.7 Å². The summed E-state index contributed by atoms with van der Waals surface area (Å²) < 4.78 is 0. The van der Waals surface area contributed by atoms with Crippen molar-refractivity contribution in [3.63, 3.8) is 0 Å². The largest absolute Gasteiger partial charge is 0.130 e. The maximum atomic E-state index is 3.22. The number of benzene rings is 2. The fourth-order valence-corrected chi connectivity index (χ4v) is 2.35. The summed E-state index contributed by atoms with van der Waals surface area (Å²) in [4.78, 5) is 0. The van der Waals surface area contributed by atoms with Crippen LogP contribution in [0, 0.1) is 47.0 Å². The number of hydrogen-bond donors (Lipinski definition) is 0. The van der Waals surface area contributed by atoms with Gasteiger partial charge >= 0.3 is 0 Å². The normalized spacial score (nSPS) is 9.50. The van der Waals surface area contributed by atoms with Gasteiger partial charge in [0.1, 0.15) is 8.07 Å². The molecule has 0 amide bonds. The Morgan fingerprint density at radius 3 is 2.19 bits per heavy atom. The van der Waals surface area contributed by atoms with Crippen molar-refractivity contribution < 1.29 is 0 Å². The van der Waals surface area contributed by atoms with Gasteiger partial charge in [-0.2, -0.15) is 0 Å². The van der Waals surface area contributed by atoms with Crippen molar-refractivity contribution in [2.24, 2.45) is 0 Å². The maximum Gasteiger partial charge on any atom is 0.130 e. The van der Waals surface area contributed by atoms with E-state index in [-0.39, 0.29) is 0 Å². The van der Waals surface area contributed by atoms with Gasteiger partial charge in [0.2, 0.25) is 0 Å². The standard InChI is InChI=1S/C25H20Si/c1-26(2,3)22-14-5-4-9-18-24-20-12-13-21-25(24)19-11-10-17-23-15-7-6-8-16-23/h6-9,12-13,15-16,18,20-21H,1-3H3/b18-9-. The highest BCUT2D eigenvalue weighted by molar-refractivity contribution is 6.83. The van der Waals surface area contributed by atoms with E-state index in [9.17, 15) is 0 Å². The van der Waals surface area contributed by atoms with E-state index in [4.69, 9.17) is 0 Å². The molecule has 0 aliphatic heterocycles. The average molecular weight is 349 g/mol. The quantitative estimate of drug-likeness (QED) is 0.503. The Hall–Kier alpha value is -3.36. The summed E-state index contributed by atoms with van der Waals surface area (Å²) >= 11 is 0. The molecule has 0 bridgehead atoms. The third kappa shape index (κ3) is 7.47. The fraction of sp³-hybridized carbons (Fsp3) is 0.120. The zero-order chi connectivity index (χ0) is 18.7. The van der Waals surface area contributed by atoms with Crippen LogP contribution in [0.4, 0.5) is 0 Å². The highest BCUT2D eigenvalue weighted by Crippen LogP contribution is 2.09. The first kappa shape index (κ1) is 19.0. The van der Waals surface area contributed by atoms with Gasteiger partial charge in [-0.05, 0) is 59.6 Å². The van der Waals surface area contributed by atoms with Crippen molar-refractivity contribution in [3.05, 3.63) is 77.4 Å². The molecule has 1 heteroatoms. The second kappa shape index (κ2) is 9.82. The zero-order valence-electron chi connectivity index (χ0n) is 15.4. The number of rotatable bonds is 1. The lowest BCUT2D eigenvalue weighted by molar-refractivity contribution is 1.60. The van der Waals surface area contributed by atoms with Crippen LogP contribution >= 0.6 is 0 Å². The highest BCUT2D eigenvalue weighted by atomic mass is 28.3. The maximum absolute atomic E-state index is 3.22. The Bertz CT molecular complexity index is 1020. The minimum atomic E-state index is -1.35. The van der Waals surface area contributed by atoms with Gasteiger partial charge in [-0.25, -0.2) is 0 Å². The van der Waals surface area contributed by atoms with Crippen molar-refractivity contribution in [1.29, 1.82) is 0 Å². The van der Waals surface area contributed by atoms with Gasteiger partial charge < -0.3 is 0 Å². The molecule has 2 rings (SSSR count). The van der Waals surface area contributed by atoms with Gasteiger partial charge in [0.25, 0.3) is 0 Å². The van der Waals surface area contributed by atoms with Crippen molar-refractivity contribution in [2.75, 3.05) is 0 Å². The van der Waals surface area contributed by atoms with Crippen molar-refractivity contribution in [2.45, 2.75) is 19.6 Å². The summed E-state index contributed by atoms with van der Waals surface area (Å²) in [6.07, 6.45) is 3.77. The van der Waals surface area contributed by atoms with E-state index in [1.807, 2.05) is 66.7 Å². The lowest BCUT2D eigenvalue weighted by atomic mass is 10.1.